The quantitative estimate of drug-likeness (QED) is 0.188. The number of aromatic nitrogens is 1. The first kappa shape index (κ1) is 31.0. The number of phenols is 2. The standard InChI is InChI=1S/C33H32N2O10.ClH/c1-13(36)33(42)14(2)43-22(10-21(33)38)44-29-18-9-17-25(26(39)16-5-4-6-20(37)24(16)27(17)40)28(41)23(18)19-12-31(29,3)45-32(19)11-15-7-8-34-30(15)35-32;/h4-9,11,13-14,19,21-22,29,36-38,41-42H,10,12H2,1-3H3,(H,34,35);1H/t13?,14?,19-,21?,22?,29?,31+,32?,33?;/m0./s1. The smallest absolute Gasteiger partial charge is 0.198 e. The Kier molecular flexibility index (Phi) is 6.70. The molecule has 5 aliphatic rings. The number of fused-ring (bicyclic) bond motifs is 8. The summed E-state index contributed by atoms with van der Waals surface area (Å²) in [4.78, 5) is 35.6. The molecule has 2 saturated heterocycles. The first-order valence-electron chi connectivity index (χ1n) is 15.0. The van der Waals surface area contributed by atoms with Gasteiger partial charge in [-0.15, -0.1) is 12.4 Å². The number of nitrogens with zero attached hydrogens (tertiary/aromatic N) is 1. The van der Waals surface area contributed by atoms with Crippen molar-refractivity contribution in [3.05, 3.63) is 80.6 Å². The third-order valence-electron chi connectivity index (χ3n) is 10.4. The number of carbonyl (C=O) groups is 2. The third kappa shape index (κ3) is 3.86. The van der Waals surface area contributed by atoms with E-state index >= 15 is 0 Å². The average molecular weight is 653 g/mol. The Labute approximate surface area is 268 Å². The predicted octanol–water partition coefficient (Wildman–Crippen LogP) is 1.37. The number of aromatic amines is 1. The summed E-state index contributed by atoms with van der Waals surface area (Å²) >= 11 is 0. The van der Waals surface area contributed by atoms with Crippen molar-refractivity contribution in [3.8, 4) is 11.5 Å². The van der Waals surface area contributed by atoms with E-state index in [1.165, 1.54) is 38.1 Å². The molecule has 13 heteroatoms. The largest absolute Gasteiger partial charge is 0.507 e. The van der Waals surface area contributed by atoms with Crippen LogP contribution >= 0.6 is 12.4 Å². The Hall–Kier alpha value is -3.62. The molecule has 6 N–H and O–H groups in total. The van der Waals surface area contributed by atoms with E-state index in [1.807, 2.05) is 19.1 Å². The number of aromatic hydroxyl groups is 2. The second kappa shape index (κ2) is 9.94. The van der Waals surface area contributed by atoms with Gasteiger partial charge in [-0.05, 0) is 57.0 Å². The fourth-order valence-corrected chi connectivity index (χ4v) is 8.13. The highest BCUT2D eigenvalue weighted by Gasteiger charge is 2.64. The topological polar surface area (TPSA) is 191 Å². The van der Waals surface area contributed by atoms with E-state index in [2.05, 4.69) is 4.98 Å². The van der Waals surface area contributed by atoms with Gasteiger partial charge in [0.15, 0.2) is 23.6 Å². The van der Waals surface area contributed by atoms with Crippen LogP contribution in [0.4, 0.5) is 0 Å². The number of hydrogen-bond acceptors (Lipinski definition) is 11. The number of carbonyl (C=O) groups excluding carboxylic acids is 2. The first-order chi connectivity index (χ1) is 21.3. The van der Waals surface area contributed by atoms with Crippen molar-refractivity contribution in [1.29, 1.82) is 0 Å². The zero-order valence-corrected chi connectivity index (χ0v) is 25.9. The molecule has 8 rings (SSSR count). The average Bonchev–Trinajstić information content (AvgIpc) is 3.62. The molecule has 242 valence electrons. The monoisotopic (exact) mass is 652 g/mol. The van der Waals surface area contributed by atoms with Crippen LogP contribution in [0, 0.1) is 0 Å². The van der Waals surface area contributed by atoms with Gasteiger partial charge in [0, 0.05) is 40.4 Å². The molecule has 0 amide bonds. The summed E-state index contributed by atoms with van der Waals surface area (Å²) in [5, 5.41) is 55.5. The van der Waals surface area contributed by atoms with Crippen LogP contribution < -0.4 is 10.7 Å². The van der Waals surface area contributed by atoms with Crippen molar-refractivity contribution >= 4 is 30.0 Å². The molecule has 3 aromatic rings. The van der Waals surface area contributed by atoms with Gasteiger partial charge < -0.3 is 44.7 Å². The lowest BCUT2D eigenvalue weighted by atomic mass is 9.69. The van der Waals surface area contributed by atoms with Crippen LogP contribution in [0.5, 0.6) is 11.5 Å². The van der Waals surface area contributed by atoms with Crippen molar-refractivity contribution in [3.63, 3.8) is 0 Å². The van der Waals surface area contributed by atoms with Crippen LogP contribution in [0.25, 0.3) is 6.08 Å². The molecule has 2 bridgehead atoms. The summed E-state index contributed by atoms with van der Waals surface area (Å²) in [5.41, 5.74) is -3.39. The number of rotatable bonds is 3. The fourth-order valence-electron chi connectivity index (χ4n) is 8.13. The van der Waals surface area contributed by atoms with Crippen LogP contribution in [0.1, 0.15) is 88.6 Å². The molecule has 7 unspecified atom stereocenters. The van der Waals surface area contributed by atoms with E-state index in [-0.39, 0.29) is 52.6 Å². The van der Waals surface area contributed by atoms with Gasteiger partial charge >= 0.3 is 0 Å². The number of H-pyrrole nitrogens is 1. The number of ether oxygens (including phenoxy) is 3. The van der Waals surface area contributed by atoms with Gasteiger partial charge in [-0.25, -0.2) is 4.99 Å². The number of ketones is 2. The van der Waals surface area contributed by atoms with Crippen LogP contribution in [0.2, 0.25) is 0 Å². The first-order valence-corrected chi connectivity index (χ1v) is 15.0. The van der Waals surface area contributed by atoms with E-state index in [1.54, 1.807) is 6.20 Å². The van der Waals surface area contributed by atoms with Crippen molar-refractivity contribution in [1.82, 2.24) is 4.98 Å². The SMILES string of the molecule is CC(O)C1(O)C(O)CC(OC2c3cc4c(c(O)c3[C@@H]3C[C@@]2(C)OC32C=c3cc[nH]c3=N2)C(=O)c2cccc(O)c2C4=O)OC1C.Cl. The van der Waals surface area contributed by atoms with E-state index in [0.29, 0.717) is 23.0 Å². The van der Waals surface area contributed by atoms with Gasteiger partial charge in [-0.2, -0.15) is 0 Å². The summed E-state index contributed by atoms with van der Waals surface area (Å²) in [6.45, 7) is 4.72. The molecular weight excluding hydrogens is 620 g/mol. The maximum atomic E-state index is 13.8. The van der Waals surface area contributed by atoms with Crippen molar-refractivity contribution in [2.24, 2.45) is 4.99 Å². The van der Waals surface area contributed by atoms with Gasteiger partial charge in [0.05, 0.1) is 35.0 Å². The van der Waals surface area contributed by atoms with E-state index in [4.69, 9.17) is 19.2 Å². The summed E-state index contributed by atoms with van der Waals surface area (Å²) in [6, 6.07) is 7.60. The van der Waals surface area contributed by atoms with Gasteiger partial charge in [-0.3, -0.25) is 9.59 Å². The Morgan fingerprint density at radius 1 is 1.13 bits per heavy atom. The predicted molar refractivity (Wildman–Crippen MR) is 161 cm³/mol. The number of phenolic OH excluding ortho intramolecular Hbond substituents is 2. The van der Waals surface area contributed by atoms with Crippen molar-refractivity contribution < 1.29 is 49.3 Å². The number of aliphatic hydroxyl groups excluding tert-OH is 2. The zero-order valence-electron chi connectivity index (χ0n) is 25.1. The molecule has 1 aromatic heterocycles. The number of hydrogen-bond donors (Lipinski definition) is 6. The maximum absolute atomic E-state index is 13.8. The molecule has 4 heterocycles. The van der Waals surface area contributed by atoms with Gasteiger partial charge in [0.2, 0.25) is 0 Å². The molecular formula is C33H33ClN2O10. The summed E-state index contributed by atoms with van der Waals surface area (Å²) in [5.74, 6) is -2.53. The Bertz CT molecular complexity index is 1910. The Balaban J connectivity index is 0.00000338. The Morgan fingerprint density at radius 3 is 2.57 bits per heavy atom. The Morgan fingerprint density at radius 2 is 1.87 bits per heavy atom. The molecule has 2 fully saturated rings. The van der Waals surface area contributed by atoms with E-state index in [9.17, 15) is 35.1 Å². The lowest BCUT2D eigenvalue weighted by Crippen LogP contribution is -2.64. The van der Waals surface area contributed by atoms with Gasteiger partial charge in [0.25, 0.3) is 0 Å². The lowest BCUT2D eigenvalue weighted by Gasteiger charge is -2.48. The number of benzene rings is 2. The molecule has 0 radical (unpaired) electrons. The molecule has 46 heavy (non-hydrogen) atoms. The minimum absolute atomic E-state index is 0. The highest BCUT2D eigenvalue weighted by Crippen LogP contribution is 2.63. The molecule has 1 spiro atoms. The van der Waals surface area contributed by atoms with E-state index in [0.717, 1.165) is 5.22 Å². The number of aliphatic hydroxyl groups is 3. The number of nitrogens with one attached hydrogen (secondary N) is 1. The molecule has 2 aromatic carbocycles. The minimum atomic E-state index is -1.93. The molecule has 3 aliphatic heterocycles. The zero-order chi connectivity index (χ0) is 31.8. The summed E-state index contributed by atoms with van der Waals surface area (Å²) in [6.07, 6.45) is -2.07. The van der Waals surface area contributed by atoms with Crippen LogP contribution in [0.3, 0.4) is 0 Å². The van der Waals surface area contributed by atoms with E-state index < -0.39 is 65.1 Å². The highest BCUT2D eigenvalue weighted by molar-refractivity contribution is 6.30. The van der Waals surface area contributed by atoms with Gasteiger partial charge in [0.1, 0.15) is 28.7 Å². The van der Waals surface area contributed by atoms with Crippen molar-refractivity contribution in [2.45, 2.75) is 87.2 Å². The summed E-state index contributed by atoms with van der Waals surface area (Å²) < 4.78 is 19.3. The minimum Gasteiger partial charge on any atom is -0.507 e. The highest BCUT2D eigenvalue weighted by atomic mass is 35.5. The van der Waals surface area contributed by atoms with Crippen LogP contribution in [0.15, 0.2) is 41.5 Å². The second-order valence-corrected chi connectivity index (χ2v) is 13.0. The maximum Gasteiger partial charge on any atom is 0.198 e. The third-order valence-corrected chi connectivity index (χ3v) is 10.4. The van der Waals surface area contributed by atoms with Gasteiger partial charge in [-0.1, -0.05) is 12.1 Å². The normalized spacial score (nSPS) is 35.7. The molecule has 2 aliphatic carbocycles. The second-order valence-electron chi connectivity index (χ2n) is 13.0. The molecule has 9 atom stereocenters. The molecule has 0 saturated carbocycles. The van der Waals surface area contributed by atoms with Crippen LogP contribution in [-0.4, -0.2) is 83.6 Å². The molecule has 12 nitrogen and oxygen atoms in total. The lowest BCUT2D eigenvalue weighted by molar-refractivity contribution is -0.321. The summed E-state index contributed by atoms with van der Waals surface area (Å²) in [7, 11) is 0. The number of halogens is 1. The van der Waals surface area contributed by atoms with Crippen LogP contribution in [-0.2, 0) is 14.2 Å². The van der Waals surface area contributed by atoms with Crippen molar-refractivity contribution in [2.75, 3.05) is 0 Å². The fraction of sp³-hybridized carbons (Fsp3) is 0.424.